The monoisotopic (exact) mass is 332 g/mol. The highest BCUT2D eigenvalue weighted by Gasteiger charge is 2.04. The van der Waals surface area contributed by atoms with E-state index in [4.69, 9.17) is 35.4 Å². The zero-order chi connectivity index (χ0) is 14.7. The molecule has 0 saturated heterocycles. The number of thiocarbonyl (C=S) groups is 1. The van der Waals surface area contributed by atoms with Crippen LogP contribution in [0.3, 0.4) is 0 Å². The molecule has 0 amide bonds. The Morgan fingerprint density at radius 2 is 1.25 bits per heavy atom. The van der Waals surface area contributed by atoms with E-state index < -0.39 is 11.6 Å². The van der Waals surface area contributed by atoms with Gasteiger partial charge in [0.15, 0.2) is 5.11 Å². The van der Waals surface area contributed by atoms with Crippen LogP contribution in [-0.4, -0.2) is 5.11 Å². The number of hydrogen-bond acceptors (Lipinski definition) is 1. The van der Waals surface area contributed by atoms with Crippen molar-refractivity contribution in [2.24, 2.45) is 0 Å². The fraction of sp³-hybridized carbons (Fsp3) is 0. The predicted molar refractivity (Wildman–Crippen MR) is 82.7 cm³/mol. The van der Waals surface area contributed by atoms with Crippen molar-refractivity contribution >= 4 is 51.9 Å². The van der Waals surface area contributed by atoms with Crippen molar-refractivity contribution in [3.63, 3.8) is 0 Å². The van der Waals surface area contributed by atoms with Gasteiger partial charge in [-0.3, -0.25) is 0 Å². The molecule has 7 heteroatoms. The van der Waals surface area contributed by atoms with Crippen LogP contribution in [-0.2, 0) is 0 Å². The van der Waals surface area contributed by atoms with E-state index in [0.717, 1.165) is 18.2 Å². The predicted octanol–water partition coefficient (Wildman–Crippen LogP) is 5.08. The maximum Gasteiger partial charge on any atom is 0.175 e. The molecule has 104 valence electrons. The Kier molecular flexibility index (Phi) is 4.75. The Morgan fingerprint density at radius 1 is 0.800 bits per heavy atom. The van der Waals surface area contributed by atoms with Crippen LogP contribution in [0.15, 0.2) is 36.4 Å². The van der Waals surface area contributed by atoms with E-state index in [0.29, 0.717) is 15.7 Å². The molecular formula is C13H8Cl2F2N2S. The van der Waals surface area contributed by atoms with E-state index in [1.807, 2.05) is 0 Å². The summed E-state index contributed by atoms with van der Waals surface area (Å²) in [5.41, 5.74) is 0.769. The Morgan fingerprint density at radius 3 is 1.75 bits per heavy atom. The molecule has 0 saturated carbocycles. The molecule has 0 aromatic heterocycles. The van der Waals surface area contributed by atoms with Gasteiger partial charge < -0.3 is 10.6 Å². The summed E-state index contributed by atoms with van der Waals surface area (Å²) in [6.07, 6.45) is 0. The van der Waals surface area contributed by atoms with Crippen molar-refractivity contribution < 1.29 is 8.78 Å². The third-order valence-corrected chi connectivity index (χ3v) is 2.88. The summed E-state index contributed by atoms with van der Waals surface area (Å²) in [5, 5.41) is 6.53. The zero-order valence-electron chi connectivity index (χ0n) is 9.88. The maximum atomic E-state index is 13.0. The van der Waals surface area contributed by atoms with Gasteiger partial charge in [-0.1, -0.05) is 23.2 Å². The summed E-state index contributed by atoms with van der Waals surface area (Å²) < 4.78 is 26.1. The van der Waals surface area contributed by atoms with Gasteiger partial charge in [-0.25, -0.2) is 8.78 Å². The summed E-state index contributed by atoms with van der Waals surface area (Å²) >= 11 is 16.7. The van der Waals surface area contributed by atoms with Gasteiger partial charge in [0.05, 0.1) is 0 Å². The van der Waals surface area contributed by atoms with Gasteiger partial charge in [-0.15, -0.1) is 0 Å². The van der Waals surface area contributed by atoms with Gasteiger partial charge in [0.2, 0.25) is 0 Å². The van der Waals surface area contributed by atoms with E-state index in [-0.39, 0.29) is 10.8 Å². The molecule has 0 aliphatic carbocycles. The summed E-state index contributed by atoms with van der Waals surface area (Å²) in [6, 6.07) is 7.84. The molecule has 2 aromatic carbocycles. The summed E-state index contributed by atoms with van der Waals surface area (Å²) in [6.45, 7) is 0. The van der Waals surface area contributed by atoms with Gasteiger partial charge in [-0.05, 0) is 42.5 Å². The van der Waals surface area contributed by atoms with Crippen LogP contribution in [0, 0.1) is 11.6 Å². The van der Waals surface area contributed by atoms with Crippen LogP contribution in [0.4, 0.5) is 20.2 Å². The molecule has 0 aliphatic rings. The van der Waals surface area contributed by atoms with Gasteiger partial charge in [-0.2, -0.15) is 0 Å². The van der Waals surface area contributed by atoms with Crippen LogP contribution in [0.1, 0.15) is 0 Å². The number of benzene rings is 2. The minimum absolute atomic E-state index is 0.160. The minimum Gasteiger partial charge on any atom is -0.332 e. The molecule has 2 nitrogen and oxygen atoms in total. The highest BCUT2D eigenvalue weighted by Crippen LogP contribution is 2.22. The lowest BCUT2D eigenvalue weighted by Gasteiger charge is -2.11. The quantitative estimate of drug-likeness (QED) is 0.750. The number of rotatable bonds is 2. The summed E-state index contributed by atoms with van der Waals surface area (Å²) in [5.74, 6) is -1.39. The van der Waals surface area contributed by atoms with Gasteiger partial charge >= 0.3 is 0 Å². The molecule has 0 radical (unpaired) electrons. The first kappa shape index (κ1) is 15.0. The Labute approximate surface area is 129 Å². The van der Waals surface area contributed by atoms with Crippen LogP contribution in [0.5, 0.6) is 0 Å². The normalized spacial score (nSPS) is 10.2. The lowest BCUT2D eigenvalue weighted by molar-refractivity contribution is 0.584. The second-order valence-electron chi connectivity index (χ2n) is 3.90. The summed E-state index contributed by atoms with van der Waals surface area (Å²) in [7, 11) is 0. The molecule has 2 rings (SSSR count). The number of halogens is 4. The average Bonchev–Trinajstić information content (AvgIpc) is 2.24. The highest BCUT2D eigenvalue weighted by molar-refractivity contribution is 7.80. The van der Waals surface area contributed by atoms with E-state index in [1.54, 1.807) is 18.2 Å². The molecule has 0 heterocycles. The lowest BCUT2D eigenvalue weighted by atomic mass is 10.3. The third kappa shape index (κ3) is 4.30. The largest absolute Gasteiger partial charge is 0.332 e. The van der Waals surface area contributed by atoms with Crippen molar-refractivity contribution in [1.29, 1.82) is 0 Å². The SMILES string of the molecule is Fc1cc(F)cc(NC(=S)Nc2cc(Cl)cc(Cl)c2)c1. The Hall–Kier alpha value is -1.43. The topological polar surface area (TPSA) is 24.1 Å². The van der Waals surface area contributed by atoms with Crippen molar-refractivity contribution in [2.75, 3.05) is 10.6 Å². The number of anilines is 2. The fourth-order valence-electron chi connectivity index (χ4n) is 1.55. The zero-order valence-corrected chi connectivity index (χ0v) is 12.2. The van der Waals surface area contributed by atoms with Gasteiger partial charge in [0.25, 0.3) is 0 Å². The van der Waals surface area contributed by atoms with Gasteiger partial charge in [0.1, 0.15) is 11.6 Å². The minimum atomic E-state index is -0.693. The standard InChI is InChI=1S/C13H8Cl2F2N2S/c14-7-1-8(15)3-11(2-7)18-13(20)19-12-5-9(16)4-10(17)6-12/h1-6H,(H2,18,19,20). The van der Waals surface area contributed by atoms with E-state index in [9.17, 15) is 8.78 Å². The molecule has 0 bridgehead atoms. The molecule has 0 spiro atoms. The van der Waals surface area contributed by atoms with Crippen molar-refractivity contribution in [3.05, 3.63) is 58.1 Å². The number of nitrogens with one attached hydrogen (secondary N) is 2. The molecule has 20 heavy (non-hydrogen) atoms. The fourth-order valence-corrected chi connectivity index (χ4v) is 2.31. The lowest BCUT2D eigenvalue weighted by Crippen LogP contribution is -2.19. The first-order valence-corrected chi connectivity index (χ1v) is 6.59. The van der Waals surface area contributed by atoms with Crippen molar-refractivity contribution in [3.8, 4) is 0 Å². The molecular weight excluding hydrogens is 325 g/mol. The number of hydrogen-bond donors (Lipinski definition) is 2. The average molecular weight is 333 g/mol. The third-order valence-electron chi connectivity index (χ3n) is 2.24. The second-order valence-corrected chi connectivity index (χ2v) is 5.18. The van der Waals surface area contributed by atoms with E-state index >= 15 is 0 Å². The van der Waals surface area contributed by atoms with Crippen LogP contribution in [0.2, 0.25) is 10.0 Å². The molecule has 0 unspecified atom stereocenters. The molecule has 0 aliphatic heterocycles. The molecule has 2 N–H and O–H groups in total. The van der Waals surface area contributed by atoms with E-state index in [1.165, 1.54) is 0 Å². The molecule has 2 aromatic rings. The first-order valence-electron chi connectivity index (χ1n) is 5.42. The van der Waals surface area contributed by atoms with Gasteiger partial charge in [0, 0.05) is 27.5 Å². The maximum absolute atomic E-state index is 13.0. The van der Waals surface area contributed by atoms with Crippen molar-refractivity contribution in [1.82, 2.24) is 0 Å². The highest BCUT2D eigenvalue weighted by atomic mass is 35.5. The summed E-state index contributed by atoms with van der Waals surface area (Å²) in [4.78, 5) is 0. The van der Waals surface area contributed by atoms with Crippen LogP contribution < -0.4 is 10.6 Å². The Bertz CT molecular complexity index is 569. The molecule has 0 fully saturated rings. The van der Waals surface area contributed by atoms with E-state index in [2.05, 4.69) is 10.6 Å². The Balaban J connectivity index is 2.08. The molecule has 0 atom stereocenters. The first-order chi connectivity index (χ1) is 9.42. The van der Waals surface area contributed by atoms with Crippen LogP contribution in [0.25, 0.3) is 0 Å². The smallest absolute Gasteiger partial charge is 0.175 e. The van der Waals surface area contributed by atoms with Crippen LogP contribution >= 0.6 is 35.4 Å². The second kappa shape index (κ2) is 6.35. The van der Waals surface area contributed by atoms with Crippen molar-refractivity contribution in [2.45, 2.75) is 0 Å².